The number of rotatable bonds is 6. The highest BCUT2D eigenvalue weighted by atomic mass is 16.6. The summed E-state index contributed by atoms with van der Waals surface area (Å²) < 4.78 is 16.1. The van der Waals surface area contributed by atoms with Crippen molar-refractivity contribution in [1.82, 2.24) is 15.0 Å². The van der Waals surface area contributed by atoms with E-state index in [2.05, 4.69) is 17.1 Å². The van der Waals surface area contributed by atoms with E-state index < -0.39 is 0 Å². The van der Waals surface area contributed by atoms with Crippen LogP contribution in [0.25, 0.3) is 11.4 Å². The Morgan fingerprint density at radius 3 is 3.04 bits per heavy atom. The standard InChI is InChI=1S/C18H23N3O4/c1-3-4-12-24-18(22)21-11-7-9-14(21)17-19-16(20-25-17)13-8-5-6-10-15(13)23-2/h5-6,8,10,14H,3-4,7,9,11-12H2,1-2H3. The largest absolute Gasteiger partial charge is 0.496 e. The van der Waals surface area contributed by atoms with Crippen molar-refractivity contribution in [3.8, 4) is 17.1 Å². The average Bonchev–Trinajstić information content (AvgIpc) is 3.30. The van der Waals surface area contributed by atoms with Gasteiger partial charge in [0.1, 0.15) is 11.8 Å². The maximum absolute atomic E-state index is 12.3. The van der Waals surface area contributed by atoms with Crippen molar-refractivity contribution >= 4 is 6.09 Å². The first-order valence-corrected chi connectivity index (χ1v) is 8.65. The number of ether oxygens (including phenoxy) is 2. The van der Waals surface area contributed by atoms with Crippen LogP contribution >= 0.6 is 0 Å². The first-order chi connectivity index (χ1) is 12.2. The fourth-order valence-electron chi connectivity index (χ4n) is 2.94. The molecule has 7 nitrogen and oxygen atoms in total. The third-order valence-corrected chi connectivity index (χ3v) is 4.29. The van der Waals surface area contributed by atoms with E-state index in [0.717, 1.165) is 31.2 Å². The molecule has 0 bridgehead atoms. The lowest BCUT2D eigenvalue weighted by Crippen LogP contribution is -2.31. The van der Waals surface area contributed by atoms with Gasteiger partial charge >= 0.3 is 6.09 Å². The van der Waals surface area contributed by atoms with Gasteiger partial charge in [-0.05, 0) is 31.4 Å². The minimum atomic E-state index is -0.312. The molecular weight excluding hydrogens is 322 g/mol. The number of likely N-dealkylation sites (tertiary alicyclic amines) is 1. The number of hydrogen-bond donors (Lipinski definition) is 0. The van der Waals surface area contributed by atoms with Gasteiger partial charge in [0.15, 0.2) is 0 Å². The molecule has 1 aliphatic rings. The van der Waals surface area contributed by atoms with Crippen molar-refractivity contribution < 1.29 is 18.8 Å². The molecule has 0 saturated carbocycles. The fraction of sp³-hybridized carbons (Fsp3) is 0.500. The van der Waals surface area contributed by atoms with Gasteiger partial charge in [-0.15, -0.1) is 0 Å². The van der Waals surface area contributed by atoms with Gasteiger partial charge in [0.2, 0.25) is 11.7 Å². The maximum atomic E-state index is 12.3. The molecule has 1 unspecified atom stereocenters. The number of unbranched alkanes of at least 4 members (excludes halogenated alkanes) is 1. The summed E-state index contributed by atoms with van der Waals surface area (Å²) >= 11 is 0. The van der Waals surface area contributed by atoms with Gasteiger partial charge in [0, 0.05) is 6.54 Å². The molecule has 0 spiro atoms. The molecule has 0 aliphatic carbocycles. The fourth-order valence-corrected chi connectivity index (χ4v) is 2.94. The Morgan fingerprint density at radius 2 is 2.24 bits per heavy atom. The SMILES string of the molecule is CCCCOC(=O)N1CCCC1c1nc(-c2ccccc2OC)no1. The zero-order valence-corrected chi connectivity index (χ0v) is 14.6. The number of hydrogen-bond acceptors (Lipinski definition) is 6. The first kappa shape index (κ1) is 17.3. The van der Waals surface area contributed by atoms with Crippen LogP contribution in [-0.2, 0) is 4.74 Å². The molecule has 2 heterocycles. The van der Waals surface area contributed by atoms with Crippen LogP contribution in [0.2, 0.25) is 0 Å². The molecular formula is C18H23N3O4. The molecule has 3 rings (SSSR count). The summed E-state index contributed by atoms with van der Waals surface area (Å²) in [7, 11) is 1.60. The van der Waals surface area contributed by atoms with Crippen molar-refractivity contribution in [2.24, 2.45) is 0 Å². The summed E-state index contributed by atoms with van der Waals surface area (Å²) in [5.74, 6) is 1.57. The van der Waals surface area contributed by atoms with E-state index in [1.807, 2.05) is 24.3 Å². The normalized spacial score (nSPS) is 16.9. The highest BCUT2D eigenvalue weighted by molar-refractivity contribution is 5.68. The van der Waals surface area contributed by atoms with Crippen molar-refractivity contribution in [3.05, 3.63) is 30.2 Å². The van der Waals surface area contributed by atoms with Crippen molar-refractivity contribution in [3.63, 3.8) is 0 Å². The second-order valence-corrected chi connectivity index (χ2v) is 5.98. The Balaban J connectivity index is 1.76. The van der Waals surface area contributed by atoms with E-state index in [9.17, 15) is 4.79 Å². The number of methoxy groups -OCH3 is 1. The van der Waals surface area contributed by atoms with E-state index in [1.165, 1.54) is 0 Å². The molecule has 1 aliphatic heterocycles. The highest BCUT2D eigenvalue weighted by Crippen LogP contribution is 2.34. The lowest BCUT2D eigenvalue weighted by atomic mass is 10.2. The molecule has 1 amide bonds. The highest BCUT2D eigenvalue weighted by Gasteiger charge is 2.35. The van der Waals surface area contributed by atoms with Crippen molar-refractivity contribution in [2.45, 2.75) is 38.6 Å². The van der Waals surface area contributed by atoms with Crippen LogP contribution in [0.5, 0.6) is 5.75 Å². The van der Waals surface area contributed by atoms with Crippen LogP contribution in [-0.4, -0.2) is 41.4 Å². The van der Waals surface area contributed by atoms with E-state index in [1.54, 1.807) is 12.0 Å². The maximum Gasteiger partial charge on any atom is 0.410 e. The van der Waals surface area contributed by atoms with E-state index in [-0.39, 0.29) is 12.1 Å². The monoisotopic (exact) mass is 345 g/mol. The molecule has 1 aromatic heterocycles. The van der Waals surface area contributed by atoms with Gasteiger partial charge in [-0.2, -0.15) is 4.98 Å². The zero-order chi connectivity index (χ0) is 17.6. The predicted octanol–water partition coefficient (Wildman–Crippen LogP) is 3.82. The Morgan fingerprint density at radius 1 is 1.40 bits per heavy atom. The molecule has 1 atom stereocenters. The topological polar surface area (TPSA) is 77.7 Å². The quantitative estimate of drug-likeness (QED) is 0.741. The number of aromatic nitrogens is 2. The summed E-state index contributed by atoms with van der Waals surface area (Å²) in [6.07, 6.45) is 3.22. The second-order valence-electron chi connectivity index (χ2n) is 5.98. The van der Waals surface area contributed by atoms with Crippen LogP contribution in [0.15, 0.2) is 28.8 Å². The number of carbonyl (C=O) groups excluding carboxylic acids is 1. The lowest BCUT2D eigenvalue weighted by Gasteiger charge is -2.21. The molecule has 2 aromatic rings. The molecule has 1 aromatic carbocycles. The Hall–Kier alpha value is -2.57. The molecule has 1 fully saturated rings. The van der Waals surface area contributed by atoms with Crippen LogP contribution in [0.3, 0.4) is 0 Å². The Labute approximate surface area is 146 Å². The third-order valence-electron chi connectivity index (χ3n) is 4.29. The van der Waals surface area contributed by atoms with Gasteiger partial charge in [-0.1, -0.05) is 30.6 Å². The number of carbonyl (C=O) groups is 1. The number of amides is 1. The Kier molecular flexibility index (Phi) is 5.53. The minimum absolute atomic E-state index is 0.231. The molecule has 134 valence electrons. The second kappa shape index (κ2) is 8.00. The molecule has 7 heteroatoms. The molecule has 1 saturated heterocycles. The van der Waals surface area contributed by atoms with Gasteiger partial charge in [-0.3, -0.25) is 4.90 Å². The summed E-state index contributed by atoms with van der Waals surface area (Å²) in [4.78, 5) is 18.4. The van der Waals surface area contributed by atoms with Crippen LogP contribution < -0.4 is 4.74 Å². The Bertz CT molecular complexity index is 716. The minimum Gasteiger partial charge on any atom is -0.496 e. The van der Waals surface area contributed by atoms with Crippen LogP contribution in [0.4, 0.5) is 4.79 Å². The van der Waals surface area contributed by atoms with E-state index in [4.69, 9.17) is 14.0 Å². The van der Waals surface area contributed by atoms with Gasteiger partial charge in [0.25, 0.3) is 0 Å². The number of benzene rings is 1. The molecule has 25 heavy (non-hydrogen) atoms. The molecule has 0 radical (unpaired) electrons. The molecule has 0 N–H and O–H groups in total. The zero-order valence-electron chi connectivity index (χ0n) is 14.6. The summed E-state index contributed by atoms with van der Waals surface area (Å²) in [6, 6.07) is 7.26. The number of para-hydroxylation sites is 1. The first-order valence-electron chi connectivity index (χ1n) is 8.65. The lowest BCUT2D eigenvalue weighted by molar-refractivity contribution is 0.0911. The van der Waals surface area contributed by atoms with Crippen molar-refractivity contribution in [1.29, 1.82) is 0 Å². The predicted molar refractivity (Wildman–Crippen MR) is 91.2 cm³/mol. The van der Waals surface area contributed by atoms with E-state index in [0.29, 0.717) is 30.6 Å². The smallest absolute Gasteiger partial charge is 0.410 e. The number of nitrogens with zero attached hydrogens (tertiary/aromatic N) is 3. The third kappa shape index (κ3) is 3.75. The van der Waals surface area contributed by atoms with Gasteiger partial charge in [0.05, 0.1) is 19.3 Å². The van der Waals surface area contributed by atoms with Crippen LogP contribution in [0, 0.1) is 0 Å². The van der Waals surface area contributed by atoms with Gasteiger partial charge < -0.3 is 14.0 Å². The van der Waals surface area contributed by atoms with Crippen molar-refractivity contribution in [2.75, 3.05) is 20.3 Å². The summed E-state index contributed by atoms with van der Waals surface area (Å²) in [5, 5.41) is 4.06. The summed E-state index contributed by atoms with van der Waals surface area (Å²) in [6.45, 7) is 3.14. The summed E-state index contributed by atoms with van der Waals surface area (Å²) in [5.41, 5.74) is 0.759. The average molecular weight is 345 g/mol. The van der Waals surface area contributed by atoms with Gasteiger partial charge in [-0.25, -0.2) is 4.79 Å². The van der Waals surface area contributed by atoms with Crippen LogP contribution in [0.1, 0.15) is 44.5 Å². The van der Waals surface area contributed by atoms with E-state index >= 15 is 0 Å².